The Morgan fingerprint density at radius 2 is 2.07 bits per heavy atom. The largest absolute Gasteiger partial charge is 0.378 e. The topological polar surface area (TPSA) is 73.9 Å². The first kappa shape index (κ1) is 21.1. The number of anilines is 1. The second-order valence-electron chi connectivity index (χ2n) is 8.70. The van der Waals surface area contributed by atoms with Crippen LogP contribution in [0, 0.1) is 11.7 Å². The van der Waals surface area contributed by atoms with Crippen LogP contribution >= 0.6 is 0 Å². The molecule has 2 N–H and O–H groups in total. The molecule has 4 rings (SSSR count). The second kappa shape index (κ2) is 8.89. The summed E-state index contributed by atoms with van der Waals surface area (Å²) in [6, 6.07) is 4.11. The molecule has 0 saturated carbocycles. The Kier molecular flexibility index (Phi) is 6.24. The molecule has 2 unspecified atom stereocenters. The number of nitrogens with zero attached hydrogens (tertiary/aromatic N) is 2. The monoisotopic (exact) mass is 418 g/mol. The zero-order valence-electron chi connectivity index (χ0n) is 17.7. The molecule has 0 radical (unpaired) electrons. The fourth-order valence-corrected chi connectivity index (χ4v) is 4.52. The number of nitrogens with one attached hydrogen (secondary N) is 2. The van der Waals surface area contributed by atoms with Crippen LogP contribution in [0.5, 0.6) is 0 Å². The molecular formula is C22H31FN4O3. The number of piperidine rings is 1. The van der Waals surface area contributed by atoms with Crippen molar-refractivity contribution in [2.75, 3.05) is 31.6 Å². The van der Waals surface area contributed by atoms with Gasteiger partial charge in [-0.1, -0.05) is 26.3 Å². The molecule has 164 valence electrons. The van der Waals surface area contributed by atoms with Crippen molar-refractivity contribution in [1.82, 2.24) is 15.1 Å². The number of rotatable bonds is 4. The summed E-state index contributed by atoms with van der Waals surface area (Å²) < 4.78 is 19.0. The zero-order valence-corrected chi connectivity index (χ0v) is 17.7. The third-order valence-electron chi connectivity index (χ3n) is 6.71. The van der Waals surface area contributed by atoms with Gasteiger partial charge in [-0.15, -0.1) is 0 Å². The van der Waals surface area contributed by atoms with Crippen LogP contribution in [0.2, 0.25) is 0 Å². The van der Waals surface area contributed by atoms with E-state index in [0.29, 0.717) is 11.7 Å². The molecule has 3 aliphatic rings. The van der Waals surface area contributed by atoms with Crippen molar-refractivity contribution in [2.24, 2.45) is 5.92 Å². The van der Waals surface area contributed by atoms with Crippen molar-refractivity contribution in [3.63, 3.8) is 0 Å². The summed E-state index contributed by atoms with van der Waals surface area (Å²) in [5.41, 5.74) is 1.19. The summed E-state index contributed by atoms with van der Waals surface area (Å²) >= 11 is 0. The molecular weight excluding hydrogens is 387 g/mol. The Morgan fingerprint density at radius 1 is 1.33 bits per heavy atom. The Hall–Kier alpha value is -2.19. The molecule has 0 spiro atoms. The Morgan fingerprint density at radius 3 is 2.70 bits per heavy atom. The highest BCUT2D eigenvalue weighted by atomic mass is 19.1. The quantitative estimate of drug-likeness (QED) is 0.788. The lowest BCUT2D eigenvalue weighted by atomic mass is 9.97. The van der Waals surface area contributed by atoms with Gasteiger partial charge < -0.3 is 20.3 Å². The fourth-order valence-electron chi connectivity index (χ4n) is 4.52. The van der Waals surface area contributed by atoms with Crippen molar-refractivity contribution in [2.45, 2.75) is 57.8 Å². The van der Waals surface area contributed by atoms with Crippen molar-refractivity contribution in [3.05, 3.63) is 29.6 Å². The maximum atomic E-state index is 13.7. The SMILES string of the molecule is CCC(C)C1C(=O)Nc2cc(F)ccc2CN1C(=O)NC1CCN(C2COC2)CC1. The van der Waals surface area contributed by atoms with Crippen molar-refractivity contribution < 1.29 is 18.7 Å². The summed E-state index contributed by atoms with van der Waals surface area (Å²) in [4.78, 5) is 30.3. The predicted octanol–water partition coefficient (Wildman–Crippen LogP) is 2.57. The number of fused-ring (bicyclic) bond motifs is 1. The summed E-state index contributed by atoms with van der Waals surface area (Å²) in [7, 11) is 0. The average molecular weight is 419 g/mol. The molecule has 30 heavy (non-hydrogen) atoms. The number of halogens is 1. The van der Waals surface area contributed by atoms with Gasteiger partial charge in [-0.3, -0.25) is 9.69 Å². The van der Waals surface area contributed by atoms with E-state index in [1.54, 1.807) is 11.0 Å². The normalized spacial score (nSPS) is 24.4. The van der Waals surface area contributed by atoms with Crippen LogP contribution in [0.4, 0.5) is 14.9 Å². The molecule has 0 aromatic heterocycles. The van der Waals surface area contributed by atoms with E-state index in [-0.39, 0.29) is 30.4 Å². The number of hydrogen-bond donors (Lipinski definition) is 2. The molecule has 1 aromatic carbocycles. The summed E-state index contributed by atoms with van der Waals surface area (Å²) in [5, 5.41) is 5.99. The summed E-state index contributed by atoms with van der Waals surface area (Å²) in [6.07, 6.45) is 2.53. The van der Waals surface area contributed by atoms with Crippen LogP contribution in [0.25, 0.3) is 0 Å². The maximum Gasteiger partial charge on any atom is 0.318 e. The van der Waals surface area contributed by atoms with Crippen LogP contribution in [-0.4, -0.2) is 66.2 Å². The van der Waals surface area contributed by atoms with Crippen LogP contribution in [0.15, 0.2) is 18.2 Å². The highest BCUT2D eigenvalue weighted by Crippen LogP contribution is 2.28. The van der Waals surface area contributed by atoms with Gasteiger partial charge in [-0.2, -0.15) is 0 Å². The first-order valence-corrected chi connectivity index (χ1v) is 10.9. The maximum absolute atomic E-state index is 13.7. The van der Waals surface area contributed by atoms with Crippen molar-refractivity contribution in [1.29, 1.82) is 0 Å². The number of benzene rings is 1. The standard InChI is InChI=1S/C22H31FN4O3/c1-3-14(2)20-21(28)25-19-10-16(23)5-4-15(19)11-27(20)22(29)24-17-6-8-26(9-7-17)18-12-30-13-18/h4-5,10,14,17-18,20H,3,6-9,11-13H2,1-2H3,(H,24,29)(H,25,28). The molecule has 3 heterocycles. The van der Waals surface area contributed by atoms with E-state index in [9.17, 15) is 14.0 Å². The Labute approximate surface area is 176 Å². The van der Waals surface area contributed by atoms with E-state index >= 15 is 0 Å². The van der Waals surface area contributed by atoms with Crippen molar-refractivity contribution >= 4 is 17.6 Å². The molecule has 7 nitrogen and oxygen atoms in total. The summed E-state index contributed by atoms with van der Waals surface area (Å²) in [6.45, 7) is 7.74. The van der Waals surface area contributed by atoms with Gasteiger partial charge in [0.15, 0.2) is 0 Å². The van der Waals surface area contributed by atoms with Gasteiger partial charge in [0.1, 0.15) is 11.9 Å². The molecule has 0 bridgehead atoms. The molecule has 0 aliphatic carbocycles. The van der Waals surface area contributed by atoms with E-state index in [0.717, 1.165) is 51.1 Å². The van der Waals surface area contributed by atoms with Gasteiger partial charge in [-0.25, -0.2) is 9.18 Å². The minimum Gasteiger partial charge on any atom is -0.378 e. The second-order valence-corrected chi connectivity index (χ2v) is 8.70. The highest BCUT2D eigenvalue weighted by Gasteiger charge is 2.38. The van der Waals surface area contributed by atoms with Crippen LogP contribution in [-0.2, 0) is 16.1 Å². The number of likely N-dealkylation sites (tertiary alicyclic amines) is 1. The molecule has 2 fully saturated rings. The molecule has 3 aliphatic heterocycles. The summed E-state index contributed by atoms with van der Waals surface area (Å²) in [5.74, 6) is -0.685. The van der Waals surface area contributed by atoms with E-state index in [4.69, 9.17) is 4.74 Å². The number of urea groups is 1. The first-order valence-electron chi connectivity index (χ1n) is 10.9. The van der Waals surface area contributed by atoms with Gasteiger partial charge in [-0.05, 0) is 36.5 Å². The first-order chi connectivity index (χ1) is 14.5. The van der Waals surface area contributed by atoms with Gasteiger partial charge in [0.25, 0.3) is 0 Å². The zero-order chi connectivity index (χ0) is 21.3. The smallest absolute Gasteiger partial charge is 0.318 e. The lowest BCUT2D eigenvalue weighted by Gasteiger charge is -2.42. The van der Waals surface area contributed by atoms with Gasteiger partial charge >= 0.3 is 6.03 Å². The Bertz CT molecular complexity index is 793. The molecule has 2 atom stereocenters. The minimum absolute atomic E-state index is 0.0182. The van der Waals surface area contributed by atoms with Crippen LogP contribution < -0.4 is 10.6 Å². The molecule has 1 aromatic rings. The third kappa shape index (κ3) is 4.30. The lowest BCUT2D eigenvalue weighted by Crippen LogP contribution is -2.57. The van der Waals surface area contributed by atoms with Gasteiger partial charge in [0, 0.05) is 24.8 Å². The number of carbonyl (C=O) groups is 2. The van der Waals surface area contributed by atoms with E-state index < -0.39 is 11.9 Å². The van der Waals surface area contributed by atoms with Crippen LogP contribution in [0.3, 0.4) is 0 Å². The lowest BCUT2D eigenvalue weighted by molar-refractivity contribution is -0.122. The van der Waals surface area contributed by atoms with Gasteiger partial charge in [0.2, 0.25) is 5.91 Å². The van der Waals surface area contributed by atoms with E-state index in [1.807, 2.05) is 13.8 Å². The van der Waals surface area contributed by atoms with Crippen LogP contribution in [0.1, 0.15) is 38.7 Å². The number of carbonyl (C=O) groups excluding carboxylic acids is 2. The molecule has 3 amide bonds. The number of ether oxygens (including phenoxy) is 1. The minimum atomic E-state index is -0.599. The van der Waals surface area contributed by atoms with E-state index in [1.165, 1.54) is 12.1 Å². The van der Waals surface area contributed by atoms with Crippen molar-refractivity contribution in [3.8, 4) is 0 Å². The molecule has 2 saturated heterocycles. The highest BCUT2D eigenvalue weighted by molar-refractivity contribution is 5.98. The number of amides is 3. The average Bonchev–Trinajstić information content (AvgIpc) is 2.83. The van der Waals surface area contributed by atoms with Gasteiger partial charge in [0.05, 0.1) is 25.8 Å². The fraction of sp³-hybridized carbons (Fsp3) is 0.636. The Balaban J connectivity index is 1.47. The molecule has 8 heteroatoms. The number of hydrogen-bond acceptors (Lipinski definition) is 4. The van der Waals surface area contributed by atoms with E-state index in [2.05, 4.69) is 15.5 Å². The third-order valence-corrected chi connectivity index (χ3v) is 6.71. The predicted molar refractivity (Wildman–Crippen MR) is 112 cm³/mol.